The first-order chi connectivity index (χ1) is 14.0. The van der Waals surface area contributed by atoms with Crippen LogP contribution in [0.5, 0.6) is 11.5 Å². The van der Waals surface area contributed by atoms with Gasteiger partial charge in [-0.2, -0.15) is 0 Å². The molecule has 1 N–H and O–H groups in total. The average Bonchev–Trinajstić information content (AvgIpc) is 3.18. The molecule has 0 unspecified atom stereocenters. The zero-order valence-electron chi connectivity index (χ0n) is 15.8. The van der Waals surface area contributed by atoms with Crippen LogP contribution in [0.4, 0.5) is 5.69 Å². The van der Waals surface area contributed by atoms with Crippen molar-refractivity contribution < 1.29 is 22.7 Å². The number of anilines is 1. The number of carbonyl (C=O) groups excluding carboxylic acids is 1. The van der Waals surface area contributed by atoms with E-state index in [-0.39, 0.29) is 28.0 Å². The molecule has 4 rings (SSSR count). The second-order valence-electron chi connectivity index (χ2n) is 6.57. The Morgan fingerprint density at radius 2 is 1.83 bits per heavy atom. The summed E-state index contributed by atoms with van der Waals surface area (Å²) in [6, 6.07) is 13.6. The monoisotopic (exact) mass is 429 g/mol. The van der Waals surface area contributed by atoms with Crippen LogP contribution >= 0.6 is 11.3 Å². The van der Waals surface area contributed by atoms with Gasteiger partial charge in [0.1, 0.15) is 16.4 Å². The van der Waals surface area contributed by atoms with Crippen LogP contribution in [0.1, 0.15) is 22.8 Å². The zero-order chi connectivity index (χ0) is 20.6. The molecule has 1 aliphatic heterocycles. The second-order valence-corrected chi connectivity index (χ2v) is 9.40. The van der Waals surface area contributed by atoms with Gasteiger partial charge in [-0.15, -0.1) is 11.3 Å². The molecule has 2 aromatic carbocycles. The molecule has 0 aliphatic carbocycles. The van der Waals surface area contributed by atoms with E-state index in [9.17, 15) is 13.2 Å². The van der Waals surface area contributed by atoms with E-state index in [0.29, 0.717) is 17.2 Å². The van der Waals surface area contributed by atoms with Crippen LogP contribution in [-0.4, -0.2) is 28.5 Å². The lowest BCUT2D eigenvalue weighted by Gasteiger charge is -2.25. The molecule has 1 amide bonds. The maximum Gasteiger partial charge on any atom is 0.225 e. The summed E-state index contributed by atoms with van der Waals surface area (Å²) >= 11 is 1.33. The molecule has 0 fully saturated rings. The Morgan fingerprint density at radius 3 is 2.52 bits per heavy atom. The molecule has 0 radical (unpaired) electrons. The lowest BCUT2D eigenvalue weighted by Crippen LogP contribution is -2.23. The fourth-order valence-electron chi connectivity index (χ4n) is 3.49. The van der Waals surface area contributed by atoms with Gasteiger partial charge >= 0.3 is 0 Å². The van der Waals surface area contributed by atoms with Crippen LogP contribution < -0.4 is 14.8 Å². The minimum absolute atomic E-state index is 0.120. The summed E-state index contributed by atoms with van der Waals surface area (Å²) in [5.41, 5.74) is 1.17. The van der Waals surface area contributed by atoms with E-state index in [4.69, 9.17) is 9.47 Å². The molecule has 0 bridgehead atoms. The van der Waals surface area contributed by atoms with Crippen molar-refractivity contribution in [3.8, 4) is 11.5 Å². The van der Waals surface area contributed by atoms with E-state index in [1.807, 2.05) is 6.07 Å². The van der Waals surface area contributed by atoms with Gasteiger partial charge in [-0.25, -0.2) is 8.42 Å². The van der Waals surface area contributed by atoms with Gasteiger partial charge in [-0.3, -0.25) is 4.79 Å². The topological polar surface area (TPSA) is 81.7 Å². The van der Waals surface area contributed by atoms with Crippen molar-refractivity contribution in [1.29, 1.82) is 0 Å². The number of thiophene rings is 1. The van der Waals surface area contributed by atoms with Crippen LogP contribution in [0.3, 0.4) is 0 Å². The van der Waals surface area contributed by atoms with Crippen molar-refractivity contribution in [2.24, 2.45) is 0 Å². The largest absolute Gasteiger partial charge is 0.497 e. The van der Waals surface area contributed by atoms with Crippen LogP contribution in [0, 0.1) is 0 Å². The maximum atomic E-state index is 13.1. The maximum absolute atomic E-state index is 13.1. The number of methoxy groups -OCH3 is 2. The number of nitrogens with one attached hydrogen (secondary N) is 1. The predicted molar refractivity (Wildman–Crippen MR) is 111 cm³/mol. The Bertz CT molecular complexity index is 1170. The first kappa shape index (κ1) is 19.5. The van der Waals surface area contributed by atoms with E-state index in [2.05, 4.69) is 5.32 Å². The first-order valence-electron chi connectivity index (χ1n) is 8.89. The number of rotatable bonds is 5. The van der Waals surface area contributed by atoms with Gasteiger partial charge in [-0.05, 0) is 18.2 Å². The SMILES string of the molecule is COc1ccc([C@@H]2CC(=O)Nc3c(S(=O)(=O)c4ccccc4)csc32)c(OC)c1. The summed E-state index contributed by atoms with van der Waals surface area (Å²) in [7, 11) is -0.621. The molecular weight excluding hydrogens is 410 g/mol. The quantitative estimate of drug-likeness (QED) is 0.661. The molecule has 1 aliphatic rings. The lowest BCUT2D eigenvalue weighted by molar-refractivity contribution is -0.116. The molecule has 29 heavy (non-hydrogen) atoms. The summed E-state index contributed by atoms with van der Waals surface area (Å²) in [4.78, 5) is 13.6. The molecule has 2 heterocycles. The fourth-order valence-corrected chi connectivity index (χ4v) is 6.41. The molecule has 0 spiro atoms. The molecule has 0 saturated heterocycles. The summed E-state index contributed by atoms with van der Waals surface area (Å²) in [5, 5.41) is 4.37. The molecule has 150 valence electrons. The molecule has 6 nitrogen and oxygen atoms in total. The summed E-state index contributed by atoms with van der Waals surface area (Å²) < 4.78 is 37.0. The summed E-state index contributed by atoms with van der Waals surface area (Å²) in [6.07, 6.45) is 0.209. The fraction of sp³-hybridized carbons (Fsp3) is 0.190. The number of sulfone groups is 1. The second kappa shape index (κ2) is 7.53. The third-order valence-electron chi connectivity index (χ3n) is 4.92. The molecule has 1 atom stereocenters. The Hall–Kier alpha value is -2.84. The molecule has 3 aromatic rings. The number of fused-ring (bicyclic) bond motifs is 1. The number of hydrogen-bond acceptors (Lipinski definition) is 6. The van der Waals surface area contributed by atoms with Gasteiger partial charge in [0.25, 0.3) is 0 Å². The van der Waals surface area contributed by atoms with Gasteiger partial charge in [0, 0.05) is 34.2 Å². The van der Waals surface area contributed by atoms with Gasteiger partial charge in [-0.1, -0.05) is 24.3 Å². The number of ether oxygens (including phenoxy) is 2. The van der Waals surface area contributed by atoms with Crippen molar-refractivity contribution in [2.75, 3.05) is 19.5 Å². The van der Waals surface area contributed by atoms with Crippen LogP contribution in [0.2, 0.25) is 0 Å². The highest BCUT2D eigenvalue weighted by Gasteiger charge is 2.35. The van der Waals surface area contributed by atoms with Crippen molar-refractivity contribution >= 4 is 32.8 Å². The minimum Gasteiger partial charge on any atom is -0.497 e. The Labute approximate surface area is 173 Å². The highest BCUT2D eigenvalue weighted by molar-refractivity contribution is 7.91. The lowest BCUT2D eigenvalue weighted by atomic mass is 9.90. The Kier molecular flexibility index (Phi) is 5.06. The van der Waals surface area contributed by atoms with Gasteiger partial charge in [0.15, 0.2) is 0 Å². The smallest absolute Gasteiger partial charge is 0.225 e. The van der Waals surface area contributed by atoms with Crippen molar-refractivity contribution in [1.82, 2.24) is 0 Å². The van der Waals surface area contributed by atoms with Crippen molar-refractivity contribution in [2.45, 2.75) is 22.1 Å². The number of hydrogen-bond donors (Lipinski definition) is 1. The van der Waals surface area contributed by atoms with Crippen molar-refractivity contribution in [3.05, 3.63) is 64.4 Å². The van der Waals surface area contributed by atoms with Gasteiger partial charge < -0.3 is 14.8 Å². The minimum atomic E-state index is -3.75. The van der Waals surface area contributed by atoms with Crippen LogP contribution in [0.15, 0.2) is 63.7 Å². The third kappa shape index (κ3) is 3.38. The number of amides is 1. The van der Waals surface area contributed by atoms with Crippen LogP contribution in [0.25, 0.3) is 0 Å². The van der Waals surface area contributed by atoms with Gasteiger partial charge in [0.2, 0.25) is 15.7 Å². The molecular formula is C21H19NO5S2. The standard InChI is InChI=1S/C21H19NO5S2/c1-26-13-8-9-15(17(10-13)27-2)16-11-19(23)22-20-18(12-28-21(16)20)29(24,25)14-6-4-3-5-7-14/h3-10,12,16H,11H2,1-2H3,(H,22,23)/t16-/m0/s1. The highest BCUT2D eigenvalue weighted by atomic mass is 32.2. The van der Waals surface area contributed by atoms with E-state index < -0.39 is 9.84 Å². The third-order valence-corrected chi connectivity index (χ3v) is 7.95. The average molecular weight is 430 g/mol. The zero-order valence-corrected chi connectivity index (χ0v) is 17.5. The summed E-state index contributed by atoms with van der Waals surface area (Å²) in [6.45, 7) is 0. The Morgan fingerprint density at radius 1 is 1.07 bits per heavy atom. The Balaban J connectivity index is 1.84. The number of benzene rings is 2. The summed E-state index contributed by atoms with van der Waals surface area (Å²) in [5.74, 6) is 0.702. The normalized spacial score (nSPS) is 16.1. The molecule has 1 aromatic heterocycles. The van der Waals surface area contributed by atoms with E-state index in [1.165, 1.54) is 11.3 Å². The molecule has 8 heteroatoms. The van der Waals surface area contributed by atoms with E-state index in [0.717, 1.165) is 10.4 Å². The van der Waals surface area contributed by atoms with Gasteiger partial charge in [0.05, 0.1) is 24.8 Å². The van der Waals surface area contributed by atoms with E-state index in [1.54, 1.807) is 62.1 Å². The molecule has 0 saturated carbocycles. The highest BCUT2D eigenvalue weighted by Crippen LogP contribution is 2.48. The first-order valence-corrected chi connectivity index (χ1v) is 11.2. The van der Waals surface area contributed by atoms with Crippen LogP contribution in [-0.2, 0) is 14.6 Å². The predicted octanol–water partition coefficient (Wildman–Crippen LogP) is 4.07. The van der Waals surface area contributed by atoms with Crippen molar-refractivity contribution in [3.63, 3.8) is 0 Å². The van der Waals surface area contributed by atoms with E-state index >= 15 is 0 Å². The number of carbonyl (C=O) groups is 1.